The number of rotatable bonds is 5. The van der Waals surface area contributed by atoms with Gasteiger partial charge in [0, 0.05) is 24.9 Å². The van der Waals surface area contributed by atoms with Crippen LogP contribution in [-0.2, 0) is 6.42 Å². The molecule has 0 saturated heterocycles. The van der Waals surface area contributed by atoms with Crippen LogP contribution in [0.15, 0.2) is 12.4 Å². The fourth-order valence-corrected chi connectivity index (χ4v) is 3.33. The van der Waals surface area contributed by atoms with E-state index in [4.69, 9.17) is 0 Å². The van der Waals surface area contributed by atoms with Crippen LogP contribution in [0.4, 0.5) is 0 Å². The first kappa shape index (κ1) is 13.6. The molecule has 0 spiro atoms. The smallest absolute Gasteiger partial charge is 0.108 e. The highest BCUT2D eigenvalue weighted by atomic mass is 15.1. The minimum absolute atomic E-state index is 0.598. The molecule has 2 rings (SSSR count). The molecule has 0 radical (unpaired) electrons. The molecule has 3 atom stereocenters. The highest BCUT2D eigenvalue weighted by Gasteiger charge is 2.31. The van der Waals surface area contributed by atoms with Gasteiger partial charge in [-0.2, -0.15) is 0 Å². The van der Waals surface area contributed by atoms with Gasteiger partial charge in [0.25, 0.3) is 0 Å². The number of nitrogens with one attached hydrogen (secondary N) is 1. The average Bonchev–Trinajstić information content (AvgIpc) is 2.87. The number of aryl methyl sites for hydroxylation is 1. The number of hydrogen-bond donors (Lipinski definition) is 1. The van der Waals surface area contributed by atoms with E-state index < -0.39 is 0 Å². The van der Waals surface area contributed by atoms with E-state index in [9.17, 15) is 0 Å². The molecule has 1 heterocycles. The number of likely N-dealkylation sites (N-methyl/N-ethyl adjacent to an activating group) is 1. The van der Waals surface area contributed by atoms with E-state index in [0.29, 0.717) is 12.1 Å². The molecule has 1 aliphatic carbocycles. The lowest BCUT2D eigenvalue weighted by Crippen LogP contribution is -2.42. The standard InChI is InChI=1S/C15H27N3/c1-4-12-7-8-13(16-6-3)14(11-12)18-10-9-17-15(18)5-2/h9-10,12-14,16H,4-8,11H2,1-3H3. The fourth-order valence-electron chi connectivity index (χ4n) is 3.33. The van der Waals surface area contributed by atoms with Gasteiger partial charge in [-0.25, -0.2) is 4.98 Å². The summed E-state index contributed by atoms with van der Waals surface area (Å²) in [4.78, 5) is 4.49. The molecule has 0 aromatic carbocycles. The van der Waals surface area contributed by atoms with Crippen LogP contribution in [0.3, 0.4) is 0 Å². The topological polar surface area (TPSA) is 29.9 Å². The summed E-state index contributed by atoms with van der Waals surface area (Å²) >= 11 is 0. The molecule has 3 unspecified atom stereocenters. The summed E-state index contributed by atoms with van der Waals surface area (Å²) in [6.07, 6.45) is 10.4. The monoisotopic (exact) mass is 249 g/mol. The fraction of sp³-hybridized carbons (Fsp3) is 0.800. The van der Waals surface area contributed by atoms with Crippen molar-refractivity contribution in [3.8, 4) is 0 Å². The summed E-state index contributed by atoms with van der Waals surface area (Å²) in [5.41, 5.74) is 0. The highest BCUT2D eigenvalue weighted by molar-refractivity contribution is 4.99. The zero-order chi connectivity index (χ0) is 13.0. The van der Waals surface area contributed by atoms with Crippen LogP contribution in [0.5, 0.6) is 0 Å². The van der Waals surface area contributed by atoms with Gasteiger partial charge in [0.1, 0.15) is 5.82 Å². The minimum atomic E-state index is 0.598. The Kier molecular flexibility index (Phi) is 4.81. The van der Waals surface area contributed by atoms with Crippen LogP contribution in [0.1, 0.15) is 58.3 Å². The van der Waals surface area contributed by atoms with E-state index in [1.54, 1.807) is 0 Å². The van der Waals surface area contributed by atoms with E-state index in [2.05, 4.69) is 41.8 Å². The molecule has 1 aromatic heterocycles. The summed E-state index contributed by atoms with van der Waals surface area (Å²) in [7, 11) is 0. The van der Waals surface area contributed by atoms with E-state index in [0.717, 1.165) is 18.9 Å². The SMILES string of the molecule is CCNC1CCC(CC)CC1n1ccnc1CC. The normalized spacial score (nSPS) is 28.5. The maximum Gasteiger partial charge on any atom is 0.108 e. The quantitative estimate of drug-likeness (QED) is 0.868. The third-order valence-corrected chi connectivity index (χ3v) is 4.39. The molecule has 0 aliphatic heterocycles. The molecule has 1 N–H and O–H groups in total. The molecule has 1 aromatic rings. The van der Waals surface area contributed by atoms with Crippen LogP contribution < -0.4 is 5.32 Å². The molecule has 1 saturated carbocycles. The molecular formula is C15H27N3. The molecule has 18 heavy (non-hydrogen) atoms. The van der Waals surface area contributed by atoms with Gasteiger partial charge >= 0.3 is 0 Å². The minimum Gasteiger partial charge on any atom is -0.330 e. The summed E-state index contributed by atoms with van der Waals surface area (Å²) in [5.74, 6) is 2.12. The summed E-state index contributed by atoms with van der Waals surface area (Å²) in [6, 6.07) is 1.22. The van der Waals surface area contributed by atoms with Crippen molar-refractivity contribution in [3.05, 3.63) is 18.2 Å². The second-order valence-corrected chi connectivity index (χ2v) is 5.42. The molecule has 0 amide bonds. The van der Waals surface area contributed by atoms with E-state index in [1.807, 2.05) is 6.20 Å². The first-order chi connectivity index (χ1) is 8.80. The van der Waals surface area contributed by atoms with Crippen LogP contribution >= 0.6 is 0 Å². The van der Waals surface area contributed by atoms with Crippen LogP contribution in [0.2, 0.25) is 0 Å². The first-order valence-corrected chi connectivity index (χ1v) is 7.55. The van der Waals surface area contributed by atoms with Gasteiger partial charge in [-0.1, -0.05) is 27.2 Å². The maximum absolute atomic E-state index is 4.49. The lowest BCUT2D eigenvalue weighted by molar-refractivity contribution is 0.201. The Labute approximate surface area is 111 Å². The third kappa shape index (κ3) is 2.77. The Balaban J connectivity index is 2.18. The molecule has 1 aliphatic rings. The number of aromatic nitrogens is 2. The summed E-state index contributed by atoms with van der Waals surface area (Å²) in [5, 5.41) is 3.67. The van der Waals surface area contributed by atoms with Gasteiger partial charge < -0.3 is 9.88 Å². The van der Waals surface area contributed by atoms with Crippen molar-refractivity contribution in [1.29, 1.82) is 0 Å². The second-order valence-electron chi connectivity index (χ2n) is 5.42. The molecule has 3 nitrogen and oxygen atoms in total. The van der Waals surface area contributed by atoms with Gasteiger partial charge in [0.15, 0.2) is 0 Å². The van der Waals surface area contributed by atoms with Crippen molar-refractivity contribution in [3.63, 3.8) is 0 Å². The van der Waals surface area contributed by atoms with Gasteiger partial charge in [-0.05, 0) is 31.7 Å². The highest BCUT2D eigenvalue weighted by Crippen LogP contribution is 2.35. The Morgan fingerprint density at radius 2 is 2.17 bits per heavy atom. The zero-order valence-corrected chi connectivity index (χ0v) is 12.0. The Bertz CT molecular complexity index is 358. The Morgan fingerprint density at radius 3 is 2.83 bits per heavy atom. The predicted octanol–water partition coefficient (Wildman–Crippen LogP) is 3.17. The number of imidazole rings is 1. The van der Waals surface area contributed by atoms with Crippen LogP contribution in [0.25, 0.3) is 0 Å². The van der Waals surface area contributed by atoms with Gasteiger partial charge in [0.05, 0.1) is 6.04 Å². The van der Waals surface area contributed by atoms with E-state index in [1.165, 1.54) is 31.5 Å². The maximum atomic E-state index is 4.49. The van der Waals surface area contributed by atoms with Gasteiger partial charge in [0.2, 0.25) is 0 Å². The third-order valence-electron chi connectivity index (χ3n) is 4.39. The molecule has 1 fully saturated rings. The van der Waals surface area contributed by atoms with Gasteiger partial charge in [-0.3, -0.25) is 0 Å². The average molecular weight is 249 g/mol. The number of nitrogens with zero attached hydrogens (tertiary/aromatic N) is 2. The Hall–Kier alpha value is -0.830. The van der Waals surface area contributed by atoms with Crippen molar-refractivity contribution in [2.45, 2.75) is 65.0 Å². The largest absolute Gasteiger partial charge is 0.330 e. The first-order valence-electron chi connectivity index (χ1n) is 7.55. The van der Waals surface area contributed by atoms with Crippen molar-refractivity contribution in [2.75, 3.05) is 6.54 Å². The summed E-state index contributed by atoms with van der Waals surface area (Å²) in [6.45, 7) is 7.79. The van der Waals surface area contributed by atoms with Crippen molar-refractivity contribution in [1.82, 2.24) is 14.9 Å². The number of hydrogen-bond acceptors (Lipinski definition) is 2. The van der Waals surface area contributed by atoms with Crippen LogP contribution in [0, 0.1) is 5.92 Å². The molecule has 102 valence electrons. The van der Waals surface area contributed by atoms with Crippen molar-refractivity contribution >= 4 is 0 Å². The molecular weight excluding hydrogens is 222 g/mol. The predicted molar refractivity (Wildman–Crippen MR) is 75.7 cm³/mol. The summed E-state index contributed by atoms with van der Waals surface area (Å²) < 4.78 is 2.43. The van der Waals surface area contributed by atoms with E-state index >= 15 is 0 Å². The lowest BCUT2D eigenvalue weighted by Gasteiger charge is -2.37. The van der Waals surface area contributed by atoms with Gasteiger partial charge in [-0.15, -0.1) is 0 Å². The second kappa shape index (κ2) is 6.37. The lowest BCUT2D eigenvalue weighted by atomic mass is 9.80. The molecule has 3 heteroatoms. The van der Waals surface area contributed by atoms with Crippen LogP contribution in [-0.4, -0.2) is 22.1 Å². The Morgan fingerprint density at radius 1 is 1.33 bits per heavy atom. The van der Waals surface area contributed by atoms with E-state index in [-0.39, 0.29) is 0 Å². The zero-order valence-electron chi connectivity index (χ0n) is 12.0. The van der Waals surface area contributed by atoms with Crippen molar-refractivity contribution in [2.24, 2.45) is 5.92 Å². The molecule has 0 bridgehead atoms. The van der Waals surface area contributed by atoms with Crippen molar-refractivity contribution < 1.29 is 0 Å².